The summed E-state index contributed by atoms with van der Waals surface area (Å²) in [5.74, 6) is -1.49. The minimum Gasteiger partial charge on any atom is -0.368 e. The maximum Gasteiger partial charge on any atom is 0.401 e. The maximum absolute atomic E-state index is 12.8. The highest BCUT2D eigenvalue weighted by Gasteiger charge is 2.40. The highest BCUT2D eigenvalue weighted by molar-refractivity contribution is 5.86. The minimum atomic E-state index is -4.48. The van der Waals surface area contributed by atoms with Gasteiger partial charge in [-0.2, -0.15) is 13.2 Å². The summed E-state index contributed by atoms with van der Waals surface area (Å²) in [5, 5.41) is 2.14. The fraction of sp³-hybridized carbons (Fsp3) is 0.417. The van der Waals surface area contributed by atoms with Gasteiger partial charge < -0.3 is 5.73 Å². The van der Waals surface area contributed by atoms with Gasteiger partial charge in [0.1, 0.15) is 11.4 Å². The van der Waals surface area contributed by atoms with E-state index in [1.807, 2.05) is 0 Å². The molecule has 1 atom stereocenters. The van der Waals surface area contributed by atoms with Crippen molar-refractivity contribution in [3.05, 3.63) is 35.6 Å². The van der Waals surface area contributed by atoms with Gasteiger partial charge in [0.05, 0.1) is 6.54 Å². The number of carbonyl (C=O) groups excluding carboxylic acids is 1. The Morgan fingerprint density at radius 2 is 1.79 bits per heavy atom. The summed E-state index contributed by atoms with van der Waals surface area (Å²) in [4.78, 5) is 11.6. The van der Waals surface area contributed by atoms with E-state index in [0.717, 1.165) is 12.1 Å². The Morgan fingerprint density at radius 1 is 1.26 bits per heavy atom. The van der Waals surface area contributed by atoms with E-state index in [9.17, 15) is 22.4 Å². The standard InChI is InChI=1S/C12H14F4N2O/c1-2-11(10(17)19,18-7-12(14,15)16)8-3-5-9(13)6-4-8/h3-6,18H,2,7H2,1H3,(H2,17,19). The van der Waals surface area contributed by atoms with Crippen LogP contribution in [0, 0.1) is 5.82 Å². The number of rotatable bonds is 5. The molecule has 0 aromatic heterocycles. The van der Waals surface area contributed by atoms with Gasteiger partial charge in [0.2, 0.25) is 5.91 Å². The van der Waals surface area contributed by atoms with E-state index in [2.05, 4.69) is 5.32 Å². The molecule has 1 unspecified atom stereocenters. The maximum atomic E-state index is 12.8. The molecule has 19 heavy (non-hydrogen) atoms. The Hall–Kier alpha value is -1.63. The van der Waals surface area contributed by atoms with Crippen molar-refractivity contribution in [1.29, 1.82) is 0 Å². The van der Waals surface area contributed by atoms with Gasteiger partial charge in [-0.25, -0.2) is 4.39 Å². The van der Waals surface area contributed by atoms with Gasteiger partial charge in [0, 0.05) is 0 Å². The van der Waals surface area contributed by atoms with Crippen LogP contribution < -0.4 is 11.1 Å². The topological polar surface area (TPSA) is 55.1 Å². The molecule has 0 bridgehead atoms. The van der Waals surface area contributed by atoms with Crippen LogP contribution in [0.2, 0.25) is 0 Å². The number of halogens is 4. The van der Waals surface area contributed by atoms with Crippen molar-refractivity contribution < 1.29 is 22.4 Å². The predicted octanol–water partition coefficient (Wildman–Crippen LogP) is 2.07. The van der Waals surface area contributed by atoms with Gasteiger partial charge in [0.15, 0.2) is 0 Å². The van der Waals surface area contributed by atoms with Crippen molar-refractivity contribution in [1.82, 2.24) is 5.32 Å². The first kappa shape index (κ1) is 15.4. The first-order valence-electron chi connectivity index (χ1n) is 5.59. The number of nitrogens with two attached hydrogens (primary N) is 1. The summed E-state index contributed by atoms with van der Waals surface area (Å²) < 4.78 is 49.7. The Balaban J connectivity index is 3.12. The minimum absolute atomic E-state index is 0.0179. The van der Waals surface area contributed by atoms with Crippen LogP contribution >= 0.6 is 0 Å². The van der Waals surface area contributed by atoms with E-state index in [1.165, 1.54) is 19.1 Å². The quantitative estimate of drug-likeness (QED) is 0.810. The lowest BCUT2D eigenvalue weighted by Crippen LogP contribution is -2.54. The van der Waals surface area contributed by atoms with Gasteiger partial charge in [-0.3, -0.25) is 10.1 Å². The second-order valence-electron chi connectivity index (χ2n) is 4.10. The van der Waals surface area contributed by atoms with E-state index in [1.54, 1.807) is 0 Å². The van der Waals surface area contributed by atoms with Crippen LogP contribution in [-0.4, -0.2) is 18.6 Å². The number of carbonyl (C=O) groups is 1. The first-order valence-corrected chi connectivity index (χ1v) is 5.59. The van der Waals surface area contributed by atoms with Crippen molar-refractivity contribution in [2.24, 2.45) is 5.73 Å². The second-order valence-corrected chi connectivity index (χ2v) is 4.10. The molecule has 7 heteroatoms. The van der Waals surface area contributed by atoms with Gasteiger partial charge in [-0.1, -0.05) is 19.1 Å². The molecule has 1 rings (SSSR count). The zero-order chi connectivity index (χ0) is 14.7. The second kappa shape index (κ2) is 5.56. The third-order valence-electron chi connectivity index (χ3n) is 2.88. The number of nitrogens with one attached hydrogen (secondary N) is 1. The molecule has 0 radical (unpaired) electrons. The molecule has 1 aromatic rings. The molecule has 0 fully saturated rings. The van der Waals surface area contributed by atoms with E-state index < -0.39 is 30.0 Å². The Bertz CT molecular complexity index is 444. The SMILES string of the molecule is CCC(NCC(F)(F)F)(C(N)=O)c1ccc(F)cc1. The summed E-state index contributed by atoms with van der Waals surface area (Å²) >= 11 is 0. The smallest absolute Gasteiger partial charge is 0.368 e. The molecular weight excluding hydrogens is 264 g/mol. The zero-order valence-electron chi connectivity index (χ0n) is 10.2. The van der Waals surface area contributed by atoms with E-state index >= 15 is 0 Å². The Kier molecular flexibility index (Phi) is 4.52. The molecule has 1 amide bonds. The van der Waals surface area contributed by atoms with Crippen molar-refractivity contribution in [3.8, 4) is 0 Å². The van der Waals surface area contributed by atoms with Gasteiger partial charge >= 0.3 is 6.18 Å². The molecule has 0 aliphatic carbocycles. The summed E-state index contributed by atoms with van der Waals surface area (Å²) in [7, 11) is 0. The fourth-order valence-corrected chi connectivity index (χ4v) is 1.82. The first-order chi connectivity index (χ1) is 8.71. The molecule has 3 N–H and O–H groups in total. The van der Waals surface area contributed by atoms with Crippen LogP contribution in [0.15, 0.2) is 24.3 Å². The number of benzene rings is 1. The molecule has 0 heterocycles. The number of hydrogen-bond acceptors (Lipinski definition) is 2. The largest absolute Gasteiger partial charge is 0.401 e. The van der Waals surface area contributed by atoms with Crippen LogP contribution in [-0.2, 0) is 10.3 Å². The summed E-state index contributed by atoms with van der Waals surface area (Å²) in [6, 6.07) is 4.62. The van der Waals surface area contributed by atoms with Gasteiger partial charge in [-0.15, -0.1) is 0 Å². The normalized spacial score (nSPS) is 15.0. The third-order valence-corrected chi connectivity index (χ3v) is 2.88. The third kappa shape index (κ3) is 3.66. The molecule has 1 aromatic carbocycles. The molecule has 3 nitrogen and oxygen atoms in total. The van der Waals surface area contributed by atoms with Crippen molar-refractivity contribution in [3.63, 3.8) is 0 Å². The molecule has 106 valence electrons. The molecule has 0 aliphatic rings. The van der Waals surface area contributed by atoms with Crippen LogP contribution in [0.4, 0.5) is 17.6 Å². The lowest BCUT2D eigenvalue weighted by molar-refractivity contribution is -0.136. The molecule has 0 spiro atoms. The van der Waals surface area contributed by atoms with Crippen molar-refractivity contribution in [2.45, 2.75) is 25.1 Å². The van der Waals surface area contributed by atoms with Crippen molar-refractivity contribution in [2.75, 3.05) is 6.54 Å². The van der Waals surface area contributed by atoms with E-state index in [0.29, 0.717) is 0 Å². The number of primary amides is 1. The molecule has 0 aliphatic heterocycles. The lowest BCUT2D eigenvalue weighted by atomic mass is 9.86. The summed E-state index contributed by atoms with van der Waals surface area (Å²) in [5.41, 5.74) is 3.76. The monoisotopic (exact) mass is 278 g/mol. The molecule has 0 saturated carbocycles. The Morgan fingerprint density at radius 3 is 2.16 bits per heavy atom. The molecular formula is C12H14F4N2O. The number of alkyl halides is 3. The summed E-state index contributed by atoms with van der Waals surface area (Å²) in [6.45, 7) is 0.165. The van der Waals surface area contributed by atoms with Gasteiger partial charge in [0.25, 0.3) is 0 Å². The Labute approximate surface area is 107 Å². The molecule has 0 saturated heterocycles. The predicted molar refractivity (Wildman–Crippen MR) is 61.6 cm³/mol. The van der Waals surface area contributed by atoms with Gasteiger partial charge in [-0.05, 0) is 24.1 Å². The highest BCUT2D eigenvalue weighted by Crippen LogP contribution is 2.27. The number of hydrogen-bond donors (Lipinski definition) is 2. The average Bonchev–Trinajstić information content (AvgIpc) is 2.30. The average molecular weight is 278 g/mol. The fourth-order valence-electron chi connectivity index (χ4n) is 1.82. The van der Waals surface area contributed by atoms with Crippen LogP contribution in [0.1, 0.15) is 18.9 Å². The highest BCUT2D eigenvalue weighted by atomic mass is 19.4. The lowest BCUT2D eigenvalue weighted by Gasteiger charge is -2.31. The van der Waals surface area contributed by atoms with Crippen LogP contribution in [0.25, 0.3) is 0 Å². The number of amides is 1. The summed E-state index contributed by atoms with van der Waals surface area (Å²) in [6.07, 6.45) is -4.46. The van der Waals surface area contributed by atoms with E-state index in [4.69, 9.17) is 5.73 Å². The van der Waals surface area contributed by atoms with Crippen molar-refractivity contribution >= 4 is 5.91 Å². The zero-order valence-corrected chi connectivity index (χ0v) is 10.2. The van der Waals surface area contributed by atoms with Crippen LogP contribution in [0.5, 0.6) is 0 Å². The van der Waals surface area contributed by atoms with E-state index in [-0.39, 0.29) is 12.0 Å². The van der Waals surface area contributed by atoms with Crippen LogP contribution in [0.3, 0.4) is 0 Å².